The van der Waals surface area contributed by atoms with Crippen LogP contribution in [0.25, 0.3) is 0 Å². The molecule has 4 saturated carbocycles. The van der Waals surface area contributed by atoms with Crippen LogP contribution in [0.15, 0.2) is 24.3 Å². The average molecular weight is 313 g/mol. The molecule has 0 saturated heterocycles. The van der Waals surface area contributed by atoms with Gasteiger partial charge in [-0.25, -0.2) is 4.79 Å². The smallest absolute Gasteiger partial charge is 0.335 e. The molecule has 0 spiro atoms. The van der Waals surface area contributed by atoms with Crippen molar-refractivity contribution in [3.63, 3.8) is 0 Å². The van der Waals surface area contributed by atoms with Gasteiger partial charge in [0.25, 0.3) is 0 Å². The Bertz CT molecular complexity index is 618. The van der Waals surface area contributed by atoms with Crippen molar-refractivity contribution in [1.29, 1.82) is 0 Å². The second-order valence-corrected chi connectivity index (χ2v) is 9.27. The predicted octanol–water partition coefficient (Wildman–Crippen LogP) is 4.22. The number of nitrogens with one attached hydrogen (secondary N) is 1. The summed E-state index contributed by atoms with van der Waals surface area (Å²) < 4.78 is 0. The first-order chi connectivity index (χ1) is 10.8. The largest absolute Gasteiger partial charge is 0.478 e. The molecule has 23 heavy (non-hydrogen) atoms. The van der Waals surface area contributed by atoms with Gasteiger partial charge >= 0.3 is 5.97 Å². The van der Waals surface area contributed by atoms with E-state index in [2.05, 4.69) is 19.2 Å². The van der Waals surface area contributed by atoms with E-state index in [-0.39, 0.29) is 0 Å². The number of carboxylic acid groups (broad SMARTS) is 1. The van der Waals surface area contributed by atoms with Gasteiger partial charge in [-0.15, -0.1) is 0 Å². The van der Waals surface area contributed by atoms with Crippen LogP contribution in [0.4, 0.5) is 0 Å². The van der Waals surface area contributed by atoms with E-state index in [1.165, 1.54) is 44.1 Å². The van der Waals surface area contributed by atoms with Crippen molar-refractivity contribution >= 4 is 5.97 Å². The standard InChI is InChI=1S/C20H27NO2/c1-18-7-15-8-19(2,11-18)13-20(9-15,12-18)21-10-14-3-5-16(6-4-14)17(22)23/h3-6,15,21H,7-13H2,1-2H3,(H,22,23)/t15?,18-,19+,20?. The minimum absolute atomic E-state index is 0.300. The minimum Gasteiger partial charge on any atom is -0.478 e. The predicted molar refractivity (Wildman–Crippen MR) is 90.4 cm³/mol. The third-order valence-corrected chi connectivity index (χ3v) is 6.49. The molecule has 4 bridgehead atoms. The third kappa shape index (κ3) is 2.69. The molecular formula is C20H27NO2. The van der Waals surface area contributed by atoms with Crippen molar-refractivity contribution in [1.82, 2.24) is 5.32 Å². The van der Waals surface area contributed by atoms with E-state index in [0.29, 0.717) is 21.9 Å². The van der Waals surface area contributed by atoms with E-state index in [1.54, 1.807) is 12.1 Å². The summed E-state index contributed by atoms with van der Waals surface area (Å²) in [5.74, 6) is 0.0366. The number of rotatable bonds is 4. The Hall–Kier alpha value is -1.35. The third-order valence-electron chi connectivity index (χ3n) is 6.49. The Labute approximate surface area is 138 Å². The molecular weight excluding hydrogens is 286 g/mol. The van der Waals surface area contributed by atoms with Crippen molar-refractivity contribution < 1.29 is 9.90 Å². The van der Waals surface area contributed by atoms with E-state index in [1.807, 2.05) is 12.1 Å². The summed E-state index contributed by atoms with van der Waals surface area (Å²) in [6.45, 7) is 5.83. The Morgan fingerprint density at radius 1 is 1.09 bits per heavy atom. The molecule has 2 N–H and O–H groups in total. The van der Waals surface area contributed by atoms with Gasteiger partial charge in [0.2, 0.25) is 0 Å². The Morgan fingerprint density at radius 2 is 1.70 bits per heavy atom. The minimum atomic E-state index is -0.855. The van der Waals surface area contributed by atoms with Crippen molar-refractivity contribution in [2.24, 2.45) is 16.7 Å². The SMILES string of the molecule is C[C@]12CC3CC(NCc4ccc(C(=O)O)cc4)(C1)C[C@@](C)(C3)C2. The number of hydrogen-bond donors (Lipinski definition) is 2. The molecule has 5 rings (SSSR count). The maximum Gasteiger partial charge on any atom is 0.335 e. The number of aromatic carboxylic acids is 1. The lowest BCUT2D eigenvalue weighted by atomic mass is 9.43. The summed E-state index contributed by atoms with van der Waals surface area (Å²) in [6, 6.07) is 7.31. The first kappa shape index (κ1) is 15.2. The summed E-state index contributed by atoms with van der Waals surface area (Å²) in [4.78, 5) is 11.0. The van der Waals surface area contributed by atoms with Crippen LogP contribution in [0.5, 0.6) is 0 Å². The highest BCUT2D eigenvalue weighted by Gasteiger charge is 2.59. The van der Waals surface area contributed by atoms with Gasteiger partial charge in [0.15, 0.2) is 0 Å². The van der Waals surface area contributed by atoms with E-state index < -0.39 is 5.97 Å². The molecule has 0 heterocycles. The molecule has 0 aliphatic heterocycles. The lowest BCUT2D eigenvalue weighted by molar-refractivity contribution is -0.118. The topological polar surface area (TPSA) is 49.3 Å². The lowest BCUT2D eigenvalue weighted by Crippen LogP contribution is -2.63. The van der Waals surface area contributed by atoms with Crippen molar-refractivity contribution in [2.75, 3.05) is 0 Å². The molecule has 4 atom stereocenters. The molecule has 0 amide bonds. The van der Waals surface area contributed by atoms with Gasteiger partial charge in [-0.2, -0.15) is 0 Å². The number of hydrogen-bond acceptors (Lipinski definition) is 2. The van der Waals surface area contributed by atoms with E-state index >= 15 is 0 Å². The van der Waals surface area contributed by atoms with Crippen LogP contribution in [0.2, 0.25) is 0 Å². The fourth-order valence-electron chi connectivity index (χ4n) is 6.70. The summed E-state index contributed by atoms with van der Waals surface area (Å²) in [5, 5.41) is 12.9. The highest BCUT2D eigenvalue weighted by molar-refractivity contribution is 5.87. The van der Waals surface area contributed by atoms with Gasteiger partial charge in [0, 0.05) is 12.1 Å². The summed E-state index contributed by atoms with van der Waals surface area (Å²) >= 11 is 0. The first-order valence-corrected chi connectivity index (χ1v) is 8.86. The Kier molecular flexibility index (Phi) is 3.19. The second-order valence-electron chi connectivity index (χ2n) is 9.27. The Balaban J connectivity index is 1.49. The maximum atomic E-state index is 11.0. The van der Waals surface area contributed by atoms with Crippen LogP contribution in [-0.4, -0.2) is 16.6 Å². The Morgan fingerprint density at radius 3 is 2.22 bits per heavy atom. The van der Waals surface area contributed by atoms with E-state index in [9.17, 15) is 4.79 Å². The fraction of sp³-hybridized carbons (Fsp3) is 0.650. The fourth-order valence-corrected chi connectivity index (χ4v) is 6.70. The number of carbonyl (C=O) groups is 1. The van der Waals surface area contributed by atoms with Gasteiger partial charge < -0.3 is 10.4 Å². The van der Waals surface area contributed by atoms with Crippen molar-refractivity contribution in [3.05, 3.63) is 35.4 Å². The van der Waals surface area contributed by atoms with Crippen LogP contribution in [0.3, 0.4) is 0 Å². The molecule has 4 fully saturated rings. The van der Waals surface area contributed by atoms with Crippen LogP contribution in [0.1, 0.15) is 68.3 Å². The zero-order valence-electron chi connectivity index (χ0n) is 14.2. The normalized spacial score (nSPS) is 41.2. The molecule has 0 radical (unpaired) electrons. The maximum absolute atomic E-state index is 11.0. The molecule has 1 aromatic rings. The second kappa shape index (κ2) is 4.83. The number of benzene rings is 1. The van der Waals surface area contributed by atoms with Gasteiger partial charge in [-0.1, -0.05) is 26.0 Å². The van der Waals surface area contributed by atoms with Gasteiger partial charge in [0.05, 0.1) is 5.56 Å². The monoisotopic (exact) mass is 313 g/mol. The molecule has 4 aliphatic rings. The number of carboxylic acids is 1. The molecule has 3 nitrogen and oxygen atoms in total. The molecule has 3 heteroatoms. The van der Waals surface area contributed by atoms with Crippen LogP contribution in [-0.2, 0) is 6.54 Å². The summed E-state index contributed by atoms with van der Waals surface area (Å²) in [6.07, 6.45) is 8.16. The zero-order valence-corrected chi connectivity index (χ0v) is 14.2. The zero-order chi connectivity index (χ0) is 16.3. The van der Waals surface area contributed by atoms with Crippen LogP contribution in [0, 0.1) is 16.7 Å². The molecule has 124 valence electrons. The van der Waals surface area contributed by atoms with Gasteiger partial charge in [-0.05, 0) is 73.0 Å². The lowest BCUT2D eigenvalue weighted by Gasteiger charge is -2.65. The van der Waals surface area contributed by atoms with E-state index in [0.717, 1.165) is 12.5 Å². The average Bonchev–Trinajstić information content (AvgIpc) is 2.42. The molecule has 4 aliphatic carbocycles. The summed E-state index contributed by atoms with van der Waals surface area (Å²) in [5.41, 5.74) is 2.89. The summed E-state index contributed by atoms with van der Waals surface area (Å²) in [7, 11) is 0. The first-order valence-electron chi connectivity index (χ1n) is 8.86. The van der Waals surface area contributed by atoms with Crippen molar-refractivity contribution in [2.45, 2.75) is 64.5 Å². The molecule has 2 unspecified atom stereocenters. The van der Waals surface area contributed by atoms with Crippen LogP contribution < -0.4 is 5.32 Å². The molecule has 0 aromatic heterocycles. The van der Waals surface area contributed by atoms with Crippen molar-refractivity contribution in [3.8, 4) is 0 Å². The van der Waals surface area contributed by atoms with Crippen LogP contribution >= 0.6 is 0 Å². The molecule has 1 aromatic carbocycles. The highest BCUT2D eigenvalue weighted by atomic mass is 16.4. The highest BCUT2D eigenvalue weighted by Crippen LogP contribution is 2.66. The quantitative estimate of drug-likeness (QED) is 0.875. The van der Waals surface area contributed by atoms with E-state index in [4.69, 9.17) is 5.11 Å². The van der Waals surface area contributed by atoms with Gasteiger partial charge in [0.1, 0.15) is 0 Å². The van der Waals surface area contributed by atoms with Gasteiger partial charge in [-0.3, -0.25) is 0 Å².